The number of esters is 1. The van der Waals surface area contributed by atoms with E-state index >= 15 is 0 Å². The lowest BCUT2D eigenvalue weighted by atomic mass is 9.86. The van der Waals surface area contributed by atoms with Gasteiger partial charge in [0.2, 0.25) is 5.91 Å². The molecule has 0 aromatic heterocycles. The zero-order valence-corrected chi connectivity index (χ0v) is 12.4. The third-order valence-corrected chi connectivity index (χ3v) is 3.61. The quantitative estimate of drug-likeness (QED) is 0.808. The monoisotopic (exact) mass is 278 g/mol. The Morgan fingerprint density at radius 1 is 1.40 bits per heavy atom. The average Bonchev–Trinajstić information content (AvgIpc) is 2.47. The van der Waals surface area contributed by atoms with E-state index in [9.17, 15) is 9.59 Å². The third-order valence-electron chi connectivity index (χ3n) is 3.61. The van der Waals surface area contributed by atoms with Crippen LogP contribution in [-0.4, -0.2) is 25.5 Å². The molecule has 0 radical (unpaired) electrons. The molecule has 0 spiro atoms. The minimum atomic E-state index is -0.654. The van der Waals surface area contributed by atoms with Crippen molar-refractivity contribution in [2.45, 2.75) is 27.2 Å². The van der Waals surface area contributed by atoms with E-state index < -0.39 is 11.4 Å². The summed E-state index contributed by atoms with van der Waals surface area (Å²) in [5.41, 5.74) is 6.72. The lowest BCUT2D eigenvalue weighted by Crippen LogP contribution is -2.39. The van der Waals surface area contributed by atoms with Gasteiger partial charge in [0.1, 0.15) is 0 Å². The first-order chi connectivity index (χ1) is 9.37. The molecule has 5 nitrogen and oxygen atoms in total. The highest BCUT2D eigenvalue weighted by atomic mass is 16.5. The van der Waals surface area contributed by atoms with Gasteiger partial charge in [0, 0.05) is 6.54 Å². The van der Waals surface area contributed by atoms with Gasteiger partial charge in [-0.05, 0) is 32.4 Å². The van der Waals surface area contributed by atoms with E-state index in [2.05, 4.69) is 5.32 Å². The van der Waals surface area contributed by atoms with Crippen LogP contribution in [0, 0.1) is 12.3 Å². The second-order valence-electron chi connectivity index (χ2n) is 5.11. The Hall–Kier alpha value is -1.88. The van der Waals surface area contributed by atoms with Crippen molar-refractivity contribution in [2.75, 3.05) is 19.0 Å². The fourth-order valence-electron chi connectivity index (χ4n) is 1.72. The van der Waals surface area contributed by atoms with Gasteiger partial charge in [0.25, 0.3) is 0 Å². The number of benzene rings is 1. The van der Waals surface area contributed by atoms with Gasteiger partial charge in [-0.25, -0.2) is 4.79 Å². The van der Waals surface area contributed by atoms with Crippen LogP contribution in [-0.2, 0) is 9.53 Å². The van der Waals surface area contributed by atoms with E-state index in [-0.39, 0.29) is 12.5 Å². The summed E-state index contributed by atoms with van der Waals surface area (Å²) in [5, 5.41) is 2.78. The summed E-state index contributed by atoms with van der Waals surface area (Å²) in [6.07, 6.45) is 0.620. The fourth-order valence-corrected chi connectivity index (χ4v) is 1.72. The van der Waals surface area contributed by atoms with Crippen LogP contribution in [0.4, 0.5) is 5.69 Å². The fraction of sp³-hybridized carbons (Fsp3) is 0.467. The van der Waals surface area contributed by atoms with Gasteiger partial charge >= 0.3 is 5.97 Å². The predicted octanol–water partition coefficient (Wildman–Crippen LogP) is 2.10. The molecule has 1 atom stereocenters. The molecular weight excluding hydrogens is 256 g/mol. The molecule has 0 heterocycles. The van der Waals surface area contributed by atoms with E-state index in [0.717, 1.165) is 5.56 Å². The van der Waals surface area contributed by atoms with Gasteiger partial charge in [-0.3, -0.25) is 4.79 Å². The van der Waals surface area contributed by atoms with Crippen LogP contribution in [0.25, 0.3) is 0 Å². The third kappa shape index (κ3) is 3.36. The number of rotatable bonds is 5. The standard InChI is InChI=1S/C15H22N2O3/c1-5-15(3,9-16)14(19)17-12-7-6-10(2)8-11(12)13(18)20-4/h6-8H,5,9,16H2,1-4H3,(H,17,19). The highest BCUT2D eigenvalue weighted by Crippen LogP contribution is 2.24. The van der Waals surface area contributed by atoms with Crippen LogP contribution >= 0.6 is 0 Å². The maximum absolute atomic E-state index is 12.3. The molecule has 5 heteroatoms. The number of carbonyl (C=O) groups excluding carboxylic acids is 2. The maximum Gasteiger partial charge on any atom is 0.339 e. The lowest BCUT2D eigenvalue weighted by Gasteiger charge is -2.25. The molecule has 1 rings (SSSR count). The van der Waals surface area contributed by atoms with E-state index in [1.54, 1.807) is 19.1 Å². The smallest absolute Gasteiger partial charge is 0.339 e. The molecule has 0 bridgehead atoms. The molecule has 0 aliphatic rings. The molecule has 0 aliphatic heterocycles. The molecule has 0 saturated heterocycles. The van der Waals surface area contributed by atoms with Crippen LogP contribution in [0.15, 0.2) is 18.2 Å². The summed E-state index contributed by atoms with van der Waals surface area (Å²) in [5.74, 6) is -0.675. The van der Waals surface area contributed by atoms with E-state index in [1.807, 2.05) is 19.9 Å². The summed E-state index contributed by atoms with van der Waals surface area (Å²) < 4.78 is 4.74. The minimum absolute atomic E-state index is 0.198. The first-order valence-corrected chi connectivity index (χ1v) is 6.58. The predicted molar refractivity (Wildman–Crippen MR) is 78.6 cm³/mol. The number of methoxy groups -OCH3 is 1. The van der Waals surface area contributed by atoms with E-state index in [4.69, 9.17) is 10.5 Å². The number of hydrogen-bond donors (Lipinski definition) is 2. The number of amides is 1. The number of anilines is 1. The summed E-state index contributed by atoms with van der Waals surface area (Å²) in [6, 6.07) is 5.22. The second-order valence-corrected chi connectivity index (χ2v) is 5.11. The number of carbonyl (C=O) groups is 2. The van der Waals surface area contributed by atoms with Gasteiger partial charge in [-0.15, -0.1) is 0 Å². The molecule has 1 amide bonds. The topological polar surface area (TPSA) is 81.4 Å². The molecular formula is C15H22N2O3. The highest BCUT2D eigenvalue weighted by molar-refractivity contribution is 6.03. The average molecular weight is 278 g/mol. The van der Waals surface area contributed by atoms with Crippen LogP contribution in [0.1, 0.15) is 36.2 Å². The minimum Gasteiger partial charge on any atom is -0.465 e. The SMILES string of the molecule is CCC(C)(CN)C(=O)Nc1ccc(C)cc1C(=O)OC. The number of hydrogen-bond acceptors (Lipinski definition) is 4. The van der Waals surface area contributed by atoms with Gasteiger partial charge in [0.05, 0.1) is 23.8 Å². The highest BCUT2D eigenvalue weighted by Gasteiger charge is 2.30. The van der Waals surface area contributed by atoms with Crippen molar-refractivity contribution >= 4 is 17.6 Å². The molecule has 1 aromatic carbocycles. The molecule has 0 saturated carbocycles. The van der Waals surface area contributed by atoms with Crippen molar-refractivity contribution in [1.29, 1.82) is 0 Å². The number of nitrogens with two attached hydrogens (primary N) is 1. The molecule has 0 fully saturated rings. The Morgan fingerprint density at radius 2 is 2.05 bits per heavy atom. The zero-order chi connectivity index (χ0) is 15.3. The van der Waals surface area contributed by atoms with Crippen molar-refractivity contribution in [1.82, 2.24) is 0 Å². The Labute approximate surface area is 119 Å². The van der Waals surface area contributed by atoms with E-state index in [0.29, 0.717) is 17.7 Å². The van der Waals surface area contributed by atoms with Gasteiger partial charge < -0.3 is 15.8 Å². The number of nitrogens with one attached hydrogen (secondary N) is 1. The van der Waals surface area contributed by atoms with Crippen LogP contribution in [0.2, 0.25) is 0 Å². The summed E-state index contributed by atoms with van der Waals surface area (Å²) >= 11 is 0. The maximum atomic E-state index is 12.3. The van der Waals surface area contributed by atoms with Crippen LogP contribution in [0.5, 0.6) is 0 Å². The van der Waals surface area contributed by atoms with Crippen molar-refractivity contribution in [3.8, 4) is 0 Å². The first kappa shape index (κ1) is 16.2. The summed E-state index contributed by atoms with van der Waals surface area (Å²) in [7, 11) is 1.31. The summed E-state index contributed by atoms with van der Waals surface area (Å²) in [4.78, 5) is 24.1. The van der Waals surface area contributed by atoms with Crippen LogP contribution in [0.3, 0.4) is 0 Å². The Bertz CT molecular complexity index is 508. The molecule has 1 aromatic rings. The lowest BCUT2D eigenvalue weighted by molar-refractivity contribution is -0.124. The zero-order valence-electron chi connectivity index (χ0n) is 12.4. The second kappa shape index (κ2) is 6.52. The van der Waals surface area contributed by atoms with Crippen LogP contribution < -0.4 is 11.1 Å². The van der Waals surface area contributed by atoms with Crippen molar-refractivity contribution in [3.05, 3.63) is 29.3 Å². The number of ether oxygens (including phenoxy) is 1. The summed E-state index contributed by atoms with van der Waals surface area (Å²) in [6.45, 7) is 5.82. The Kier molecular flexibility index (Phi) is 5.27. The van der Waals surface area contributed by atoms with Gasteiger partial charge in [0.15, 0.2) is 0 Å². The molecule has 0 aliphatic carbocycles. The Morgan fingerprint density at radius 3 is 2.55 bits per heavy atom. The van der Waals surface area contributed by atoms with Crippen molar-refractivity contribution in [3.63, 3.8) is 0 Å². The molecule has 3 N–H and O–H groups in total. The number of aryl methyl sites for hydroxylation is 1. The molecule has 20 heavy (non-hydrogen) atoms. The largest absolute Gasteiger partial charge is 0.465 e. The molecule has 1 unspecified atom stereocenters. The van der Waals surface area contributed by atoms with Gasteiger partial charge in [-0.2, -0.15) is 0 Å². The Balaban J connectivity index is 3.09. The van der Waals surface area contributed by atoms with Gasteiger partial charge in [-0.1, -0.05) is 18.6 Å². The van der Waals surface area contributed by atoms with Crippen molar-refractivity contribution < 1.29 is 14.3 Å². The normalized spacial score (nSPS) is 13.4. The van der Waals surface area contributed by atoms with Crippen molar-refractivity contribution in [2.24, 2.45) is 11.1 Å². The van der Waals surface area contributed by atoms with E-state index in [1.165, 1.54) is 7.11 Å². The first-order valence-electron chi connectivity index (χ1n) is 6.58. The molecule has 110 valence electrons.